The molecule has 0 aliphatic rings. The number of amides is 2. The molecule has 0 aliphatic carbocycles. The van der Waals surface area contributed by atoms with Crippen molar-refractivity contribution in [2.75, 3.05) is 29.9 Å². The molecule has 2 N–H and O–H groups in total. The molecule has 0 unspecified atom stereocenters. The van der Waals surface area contributed by atoms with E-state index in [4.69, 9.17) is 9.47 Å². The van der Waals surface area contributed by atoms with Gasteiger partial charge in [-0.05, 0) is 91.3 Å². The summed E-state index contributed by atoms with van der Waals surface area (Å²) in [4.78, 5) is 24.8. The van der Waals surface area contributed by atoms with Crippen LogP contribution in [-0.4, -0.2) is 46.7 Å². The Labute approximate surface area is 263 Å². The lowest BCUT2D eigenvalue weighted by molar-refractivity contribution is -0.137. The van der Waals surface area contributed by atoms with E-state index in [1.54, 1.807) is 62.6 Å². The van der Waals surface area contributed by atoms with Gasteiger partial charge in [0.1, 0.15) is 18.0 Å². The highest BCUT2D eigenvalue weighted by Gasteiger charge is 2.33. The van der Waals surface area contributed by atoms with Crippen molar-refractivity contribution in [1.82, 2.24) is 5.43 Å². The van der Waals surface area contributed by atoms with E-state index in [2.05, 4.69) is 15.8 Å². The zero-order valence-electron chi connectivity index (χ0n) is 24.6. The predicted octanol–water partition coefficient (Wildman–Crippen LogP) is 5.39. The van der Waals surface area contributed by atoms with Crippen LogP contribution in [0.1, 0.15) is 16.7 Å². The van der Waals surface area contributed by atoms with Crippen LogP contribution in [0.3, 0.4) is 0 Å². The number of nitrogens with one attached hydrogen (secondary N) is 2. The van der Waals surface area contributed by atoms with Gasteiger partial charge in [-0.15, -0.1) is 0 Å². The number of anilines is 2. The third-order valence-electron chi connectivity index (χ3n) is 6.38. The number of hydrogen-bond donors (Lipinski definition) is 2. The number of benzene rings is 4. The quantitative estimate of drug-likeness (QED) is 0.156. The number of halogens is 3. The third-order valence-corrected chi connectivity index (χ3v) is 8.17. The molecule has 240 valence electrons. The van der Waals surface area contributed by atoms with E-state index < -0.39 is 34.2 Å². The van der Waals surface area contributed by atoms with Gasteiger partial charge in [-0.1, -0.05) is 23.8 Å². The standard InChI is InChI=1S/C32H29F3N4O6S/c1-22-6-16-29(17-7-22)46(42,43)39(26-5-3-4-24(18-26)32(33,34)35)20-30(40)38-36-19-23-8-12-28(13-9-23)45-21-31(41)37-25-10-14-27(44-2)15-11-25/h3-19H,20-21H2,1-2H3,(H,37,41)(H,38,40)/b36-19-. The van der Waals surface area contributed by atoms with Gasteiger partial charge in [-0.3, -0.25) is 13.9 Å². The normalized spacial score (nSPS) is 11.6. The van der Waals surface area contributed by atoms with Crippen molar-refractivity contribution in [1.29, 1.82) is 0 Å². The molecule has 0 heterocycles. The van der Waals surface area contributed by atoms with Crippen molar-refractivity contribution in [3.8, 4) is 11.5 Å². The lowest BCUT2D eigenvalue weighted by Crippen LogP contribution is -2.39. The molecule has 0 aromatic heterocycles. The molecule has 0 fully saturated rings. The summed E-state index contributed by atoms with van der Waals surface area (Å²) in [6, 6.07) is 22.5. The van der Waals surface area contributed by atoms with Crippen molar-refractivity contribution >= 4 is 39.4 Å². The number of hydrogen-bond acceptors (Lipinski definition) is 7. The Morgan fingerprint density at radius 2 is 1.54 bits per heavy atom. The summed E-state index contributed by atoms with van der Waals surface area (Å²) in [5, 5.41) is 6.53. The van der Waals surface area contributed by atoms with Crippen molar-refractivity contribution < 1.29 is 40.7 Å². The van der Waals surface area contributed by atoms with Crippen molar-refractivity contribution in [3.63, 3.8) is 0 Å². The minimum atomic E-state index is -4.73. The predicted molar refractivity (Wildman–Crippen MR) is 166 cm³/mol. The zero-order valence-corrected chi connectivity index (χ0v) is 25.4. The van der Waals surface area contributed by atoms with Gasteiger partial charge < -0.3 is 14.8 Å². The van der Waals surface area contributed by atoms with Gasteiger partial charge >= 0.3 is 6.18 Å². The number of carbonyl (C=O) groups is 2. The number of methoxy groups -OCH3 is 1. The van der Waals surface area contributed by atoms with Gasteiger partial charge in [-0.2, -0.15) is 18.3 Å². The molecule has 0 spiro atoms. The number of aryl methyl sites for hydroxylation is 1. The fraction of sp³-hybridized carbons (Fsp3) is 0.156. The molecule has 0 atom stereocenters. The highest BCUT2D eigenvalue weighted by Crippen LogP contribution is 2.33. The van der Waals surface area contributed by atoms with Gasteiger partial charge in [0.2, 0.25) is 0 Å². The smallest absolute Gasteiger partial charge is 0.416 e. The van der Waals surface area contributed by atoms with Crippen molar-refractivity contribution in [3.05, 3.63) is 114 Å². The molecular weight excluding hydrogens is 625 g/mol. The molecule has 0 bridgehead atoms. The summed E-state index contributed by atoms with van der Waals surface area (Å²) in [6.45, 7) is 0.653. The lowest BCUT2D eigenvalue weighted by Gasteiger charge is -2.24. The van der Waals surface area contributed by atoms with Crippen LogP contribution < -0.4 is 24.5 Å². The Balaban J connectivity index is 1.38. The van der Waals surface area contributed by atoms with E-state index in [9.17, 15) is 31.2 Å². The average Bonchev–Trinajstić information content (AvgIpc) is 3.03. The van der Waals surface area contributed by atoms with Crippen LogP contribution in [0.5, 0.6) is 11.5 Å². The molecular formula is C32H29F3N4O6S. The topological polar surface area (TPSA) is 126 Å². The van der Waals surface area contributed by atoms with E-state index in [1.807, 2.05) is 0 Å². The first-order valence-electron chi connectivity index (χ1n) is 13.6. The Bertz CT molecular complexity index is 1800. The fourth-order valence-electron chi connectivity index (χ4n) is 4.00. The second-order valence-electron chi connectivity index (χ2n) is 9.80. The van der Waals surface area contributed by atoms with Crippen LogP contribution in [0.15, 0.2) is 107 Å². The molecule has 0 saturated carbocycles. The number of nitrogens with zero attached hydrogens (tertiary/aromatic N) is 2. The highest BCUT2D eigenvalue weighted by atomic mass is 32.2. The van der Waals surface area contributed by atoms with Crippen LogP contribution >= 0.6 is 0 Å². The molecule has 14 heteroatoms. The Morgan fingerprint density at radius 1 is 0.891 bits per heavy atom. The van der Waals surface area contributed by atoms with Gasteiger partial charge in [0, 0.05) is 5.69 Å². The molecule has 0 radical (unpaired) electrons. The molecule has 4 aromatic rings. The SMILES string of the molecule is COc1ccc(NC(=O)COc2ccc(/C=N\NC(=O)CN(c3cccc(C(F)(F)F)c3)S(=O)(=O)c3ccc(C)cc3)cc2)cc1. The molecule has 2 amide bonds. The number of sulfonamides is 1. The Kier molecular flexibility index (Phi) is 10.6. The minimum absolute atomic E-state index is 0.202. The minimum Gasteiger partial charge on any atom is -0.497 e. The van der Waals surface area contributed by atoms with Crippen LogP contribution in [0.4, 0.5) is 24.5 Å². The van der Waals surface area contributed by atoms with Crippen LogP contribution in [0.2, 0.25) is 0 Å². The van der Waals surface area contributed by atoms with E-state index in [0.717, 1.165) is 17.7 Å². The van der Waals surface area contributed by atoms with Crippen LogP contribution in [0.25, 0.3) is 0 Å². The largest absolute Gasteiger partial charge is 0.497 e. The average molecular weight is 655 g/mol. The summed E-state index contributed by atoms with van der Waals surface area (Å²) in [7, 11) is -2.90. The monoisotopic (exact) mass is 654 g/mol. The summed E-state index contributed by atoms with van der Waals surface area (Å²) in [5.41, 5.74) is 2.66. The summed E-state index contributed by atoms with van der Waals surface area (Å²) in [6.07, 6.45) is -3.45. The van der Waals surface area contributed by atoms with Gasteiger partial charge in [0.25, 0.3) is 21.8 Å². The number of carbonyl (C=O) groups excluding carboxylic acids is 2. The maximum absolute atomic E-state index is 13.5. The van der Waals surface area contributed by atoms with Crippen molar-refractivity contribution in [2.24, 2.45) is 5.10 Å². The maximum atomic E-state index is 13.5. The first-order valence-corrected chi connectivity index (χ1v) is 15.0. The van der Waals surface area contributed by atoms with Crippen molar-refractivity contribution in [2.45, 2.75) is 18.0 Å². The van der Waals surface area contributed by atoms with E-state index >= 15 is 0 Å². The van der Waals surface area contributed by atoms with Gasteiger partial charge in [-0.25, -0.2) is 13.8 Å². The summed E-state index contributed by atoms with van der Waals surface area (Å²) < 4.78 is 78.3. The molecule has 46 heavy (non-hydrogen) atoms. The molecule has 4 rings (SSSR count). The fourth-order valence-corrected chi connectivity index (χ4v) is 5.42. The summed E-state index contributed by atoms with van der Waals surface area (Å²) >= 11 is 0. The third kappa shape index (κ3) is 9.08. The van der Waals surface area contributed by atoms with Gasteiger partial charge in [0.05, 0.1) is 29.5 Å². The number of ether oxygens (including phenoxy) is 2. The Hall–Kier alpha value is -5.37. The molecule has 4 aromatic carbocycles. The van der Waals surface area contributed by atoms with Gasteiger partial charge in [0.15, 0.2) is 6.61 Å². The Morgan fingerprint density at radius 3 is 2.17 bits per heavy atom. The highest BCUT2D eigenvalue weighted by molar-refractivity contribution is 7.92. The first-order chi connectivity index (χ1) is 21.8. The number of alkyl halides is 3. The second-order valence-corrected chi connectivity index (χ2v) is 11.7. The second kappa shape index (κ2) is 14.6. The number of hydrazone groups is 1. The van der Waals surface area contributed by atoms with Crippen LogP contribution in [-0.2, 0) is 25.8 Å². The van der Waals surface area contributed by atoms with E-state index in [1.165, 1.54) is 36.5 Å². The first kappa shape index (κ1) is 33.5. The molecule has 0 aliphatic heterocycles. The zero-order chi connectivity index (χ0) is 33.3. The lowest BCUT2D eigenvalue weighted by atomic mass is 10.2. The van der Waals surface area contributed by atoms with E-state index in [0.29, 0.717) is 33.1 Å². The molecule has 10 nitrogen and oxygen atoms in total. The maximum Gasteiger partial charge on any atom is 0.416 e. The molecule has 0 saturated heterocycles. The van der Waals surface area contributed by atoms with E-state index in [-0.39, 0.29) is 23.1 Å². The summed E-state index contributed by atoms with van der Waals surface area (Å²) in [5.74, 6) is -0.223. The number of rotatable bonds is 12. The van der Waals surface area contributed by atoms with Crippen LogP contribution in [0, 0.1) is 6.92 Å².